The van der Waals surface area contributed by atoms with Gasteiger partial charge in [0.25, 0.3) is 0 Å². The topological polar surface area (TPSA) is 38.3 Å². The van der Waals surface area contributed by atoms with Crippen LogP contribution < -0.4 is 5.32 Å². The predicted molar refractivity (Wildman–Crippen MR) is 61.8 cm³/mol. The number of fused-ring (bicyclic) bond motifs is 2. The van der Waals surface area contributed by atoms with Crippen molar-refractivity contribution in [3.8, 4) is 0 Å². The van der Waals surface area contributed by atoms with Crippen molar-refractivity contribution in [3.05, 3.63) is 29.3 Å². The molecule has 3 nitrogen and oxygen atoms in total. The second-order valence-electron chi connectivity index (χ2n) is 4.87. The van der Waals surface area contributed by atoms with Crippen LogP contribution in [0.2, 0.25) is 0 Å². The van der Waals surface area contributed by atoms with Crippen molar-refractivity contribution >= 4 is 11.6 Å². The minimum absolute atomic E-state index is 0.0816. The number of nitrogens with one attached hydrogen (secondary N) is 1. The van der Waals surface area contributed by atoms with E-state index >= 15 is 0 Å². The first-order chi connectivity index (χ1) is 8.95. The second kappa shape index (κ2) is 3.96. The van der Waals surface area contributed by atoms with Crippen LogP contribution in [0.5, 0.6) is 0 Å². The number of rotatable bonds is 0. The van der Waals surface area contributed by atoms with Gasteiger partial charge in [-0.25, -0.2) is 0 Å². The maximum absolute atomic E-state index is 12.9. The molecule has 0 radical (unpaired) electrons. The normalized spacial score (nSPS) is 21.3. The van der Waals surface area contributed by atoms with E-state index in [-0.39, 0.29) is 11.6 Å². The monoisotopic (exact) mass is 271 g/mol. The first-order valence-corrected chi connectivity index (χ1v) is 6.05. The van der Waals surface area contributed by atoms with Crippen molar-refractivity contribution in [1.82, 2.24) is 0 Å². The van der Waals surface area contributed by atoms with Gasteiger partial charge in [-0.3, -0.25) is 4.79 Å². The van der Waals surface area contributed by atoms with Crippen LogP contribution in [0.25, 0.3) is 0 Å². The van der Waals surface area contributed by atoms with Crippen molar-refractivity contribution in [2.75, 3.05) is 18.5 Å². The van der Waals surface area contributed by atoms with Gasteiger partial charge in [0.2, 0.25) is 5.91 Å². The fourth-order valence-corrected chi connectivity index (χ4v) is 2.89. The number of amides is 1. The van der Waals surface area contributed by atoms with Gasteiger partial charge in [-0.15, -0.1) is 0 Å². The van der Waals surface area contributed by atoms with Gasteiger partial charge in [0.15, 0.2) is 0 Å². The molecule has 1 N–H and O–H groups in total. The van der Waals surface area contributed by atoms with E-state index in [9.17, 15) is 18.0 Å². The predicted octanol–water partition coefficient (Wildman–Crippen LogP) is 2.71. The van der Waals surface area contributed by atoms with Crippen molar-refractivity contribution in [3.63, 3.8) is 0 Å². The molecule has 19 heavy (non-hydrogen) atoms. The second-order valence-corrected chi connectivity index (χ2v) is 4.87. The average Bonchev–Trinajstić information content (AvgIpc) is 2.63. The van der Waals surface area contributed by atoms with Crippen LogP contribution in [-0.4, -0.2) is 19.1 Å². The van der Waals surface area contributed by atoms with Crippen LogP contribution in [-0.2, 0) is 21.1 Å². The highest BCUT2D eigenvalue weighted by atomic mass is 19.4. The Morgan fingerprint density at radius 2 is 1.89 bits per heavy atom. The molecule has 0 unspecified atom stereocenters. The third-order valence-corrected chi connectivity index (χ3v) is 3.90. The average molecular weight is 271 g/mol. The summed E-state index contributed by atoms with van der Waals surface area (Å²) in [4.78, 5) is 12.2. The Morgan fingerprint density at radius 1 is 1.21 bits per heavy atom. The van der Waals surface area contributed by atoms with E-state index in [2.05, 4.69) is 5.32 Å². The summed E-state index contributed by atoms with van der Waals surface area (Å²) in [6.07, 6.45) is -3.62. The summed E-state index contributed by atoms with van der Waals surface area (Å²) in [5, 5.41) is 2.42. The summed E-state index contributed by atoms with van der Waals surface area (Å²) in [6, 6.07) is 3.96. The number of para-hydroxylation sites is 1. The SMILES string of the molecule is O=C1Nc2c(C(F)(F)F)cccc2C12CCOCC2. The lowest BCUT2D eigenvalue weighted by Gasteiger charge is -2.31. The summed E-state index contributed by atoms with van der Waals surface area (Å²) in [5.74, 6) is -0.345. The minimum Gasteiger partial charge on any atom is -0.381 e. The van der Waals surface area contributed by atoms with Gasteiger partial charge >= 0.3 is 6.18 Å². The highest BCUT2D eigenvalue weighted by Gasteiger charge is 2.50. The zero-order chi connectivity index (χ0) is 13.7. The Hall–Kier alpha value is -1.56. The Morgan fingerprint density at radius 3 is 2.53 bits per heavy atom. The highest BCUT2D eigenvalue weighted by Crippen LogP contribution is 2.48. The quantitative estimate of drug-likeness (QED) is 0.788. The number of hydrogen-bond acceptors (Lipinski definition) is 2. The van der Waals surface area contributed by atoms with E-state index in [0.717, 1.165) is 6.07 Å². The van der Waals surface area contributed by atoms with Crippen molar-refractivity contribution < 1.29 is 22.7 Å². The molecule has 0 aromatic heterocycles. The molecule has 0 saturated carbocycles. The summed E-state index contributed by atoms with van der Waals surface area (Å²) in [5.41, 5.74) is -1.26. The molecule has 1 aromatic rings. The van der Waals surface area contributed by atoms with Crippen molar-refractivity contribution in [2.45, 2.75) is 24.4 Å². The summed E-state index contributed by atoms with van der Waals surface area (Å²) < 4.78 is 44.1. The molecule has 1 fully saturated rings. The maximum atomic E-state index is 12.9. The summed E-state index contributed by atoms with van der Waals surface area (Å²) in [7, 11) is 0. The number of ether oxygens (including phenoxy) is 1. The number of benzene rings is 1. The van der Waals surface area contributed by atoms with Gasteiger partial charge in [0, 0.05) is 13.2 Å². The van der Waals surface area contributed by atoms with E-state index in [1.54, 1.807) is 6.07 Å². The molecule has 0 atom stereocenters. The minimum atomic E-state index is -4.46. The van der Waals surface area contributed by atoms with Crippen molar-refractivity contribution in [2.24, 2.45) is 0 Å². The van der Waals surface area contributed by atoms with Gasteiger partial charge < -0.3 is 10.1 Å². The van der Waals surface area contributed by atoms with Crippen molar-refractivity contribution in [1.29, 1.82) is 0 Å². The zero-order valence-electron chi connectivity index (χ0n) is 10.0. The van der Waals surface area contributed by atoms with Gasteiger partial charge in [-0.2, -0.15) is 13.2 Å². The van der Waals surface area contributed by atoms with Gasteiger partial charge in [-0.1, -0.05) is 12.1 Å². The summed E-state index contributed by atoms with van der Waals surface area (Å²) in [6.45, 7) is 0.784. The molecule has 3 rings (SSSR count). The lowest BCUT2D eigenvalue weighted by molar-refractivity contribution is -0.136. The number of anilines is 1. The number of carbonyl (C=O) groups is 1. The van der Waals surface area contributed by atoms with Gasteiger partial charge in [-0.05, 0) is 24.5 Å². The first kappa shape index (κ1) is 12.5. The number of carbonyl (C=O) groups excluding carboxylic acids is 1. The molecular formula is C13H12F3NO2. The molecule has 1 aromatic carbocycles. The van der Waals surface area contributed by atoms with E-state index in [1.165, 1.54) is 6.07 Å². The largest absolute Gasteiger partial charge is 0.418 e. The van der Waals surface area contributed by atoms with Gasteiger partial charge in [0.05, 0.1) is 16.7 Å². The summed E-state index contributed by atoms with van der Waals surface area (Å²) >= 11 is 0. The lowest BCUT2D eigenvalue weighted by atomic mass is 9.75. The molecule has 102 valence electrons. The van der Waals surface area contributed by atoms with E-state index in [0.29, 0.717) is 31.6 Å². The van der Waals surface area contributed by atoms with E-state index < -0.39 is 17.2 Å². The van der Waals surface area contributed by atoms with Gasteiger partial charge in [0.1, 0.15) is 0 Å². The first-order valence-electron chi connectivity index (χ1n) is 6.05. The molecule has 1 amide bonds. The molecule has 2 aliphatic heterocycles. The number of hydrogen-bond donors (Lipinski definition) is 1. The Bertz CT molecular complexity index is 533. The van der Waals surface area contributed by atoms with Crippen LogP contribution in [0.1, 0.15) is 24.0 Å². The smallest absolute Gasteiger partial charge is 0.381 e. The molecule has 2 heterocycles. The Kier molecular flexibility index (Phi) is 2.60. The maximum Gasteiger partial charge on any atom is 0.418 e. The van der Waals surface area contributed by atoms with Crippen LogP contribution >= 0.6 is 0 Å². The lowest BCUT2D eigenvalue weighted by Crippen LogP contribution is -2.39. The highest BCUT2D eigenvalue weighted by molar-refractivity contribution is 6.07. The van der Waals surface area contributed by atoms with Crippen LogP contribution in [0.3, 0.4) is 0 Å². The van der Waals surface area contributed by atoms with E-state index in [4.69, 9.17) is 4.74 Å². The molecule has 6 heteroatoms. The third-order valence-electron chi connectivity index (χ3n) is 3.90. The molecule has 1 spiro atoms. The Labute approximate surface area is 107 Å². The van der Waals surface area contributed by atoms with Crippen LogP contribution in [0.15, 0.2) is 18.2 Å². The van der Waals surface area contributed by atoms with Crippen LogP contribution in [0.4, 0.5) is 18.9 Å². The fraction of sp³-hybridized carbons (Fsp3) is 0.462. The molecule has 2 aliphatic rings. The van der Waals surface area contributed by atoms with E-state index in [1.807, 2.05) is 0 Å². The molecule has 0 bridgehead atoms. The molecule has 0 aliphatic carbocycles. The Balaban J connectivity index is 2.15. The number of halogens is 3. The molecular weight excluding hydrogens is 259 g/mol. The molecule has 1 saturated heterocycles. The fourth-order valence-electron chi connectivity index (χ4n) is 2.89. The standard InChI is InChI=1S/C13H12F3NO2/c14-13(15,16)9-3-1-2-8-10(9)17-11(18)12(8)4-6-19-7-5-12/h1-3H,4-7H2,(H,17,18). The zero-order valence-corrected chi connectivity index (χ0v) is 10.0. The third kappa shape index (κ3) is 1.74. The number of alkyl halides is 3. The van der Waals surface area contributed by atoms with Crippen LogP contribution in [0, 0.1) is 0 Å².